The second kappa shape index (κ2) is 6.70. The van der Waals surface area contributed by atoms with Crippen molar-refractivity contribution in [1.29, 1.82) is 0 Å². The van der Waals surface area contributed by atoms with Gasteiger partial charge in [-0.25, -0.2) is 9.97 Å². The van der Waals surface area contributed by atoms with Gasteiger partial charge < -0.3 is 20.0 Å². The lowest BCUT2D eigenvalue weighted by atomic mass is 9.99. The Labute approximate surface area is 151 Å². The minimum absolute atomic E-state index is 0.218. The smallest absolute Gasteiger partial charge is 0.192 e. The molecule has 0 radical (unpaired) electrons. The summed E-state index contributed by atoms with van der Waals surface area (Å²) >= 11 is 0. The molecule has 0 aliphatic carbocycles. The molecule has 3 rings (SSSR count). The number of piperidine rings is 1. The van der Waals surface area contributed by atoms with E-state index in [1.807, 2.05) is 12.3 Å². The van der Waals surface area contributed by atoms with E-state index in [1.54, 1.807) is 6.33 Å². The first-order chi connectivity index (χ1) is 11.7. The number of H-pyrrole nitrogens is 1. The van der Waals surface area contributed by atoms with Gasteiger partial charge in [-0.15, -0.1) is 0 Å². The number of anilines is 1. The van der Waals surface area contributed by atoms with Crippen LogP contribution in [0.2, 0.25) is 18.1 Å². The van der Waals surface area contributed by atoms with Crippen molar-refractivity contribution in [2.75, 3.05) is 11.9 Å². The third kappa shape index (κ3) is 3.88. The van der Waals surface area contributed by atoms with Crippen LogP contribution in [-0.4, -0.2) is 48.0 Å². The molecule has 3 heterocycles. The molecule has 0 spiro atoms. The van der Waals surface area contributed by atoms with Crippen molar-refractivity contribution in [3.05, 3.63) is 18.6 Å². The van der Waals surface area contributed by atoms with Gasteiger partial charge in [0.25, 0.3) is 0 Å². The van der Waals surface area contributed by atoms with Crippen molar-refractivity contribution in [2.45, 2.75) is 70.4 Å². The minimum atomic E-state index is -1.79. The van der Waals surface area contributed by atoms with Gasteiger partial charge in [0.1, 0.15) is 17.8 Å². The van der Waals surface area contributed by atoms with E-state index in [0.717, 1.165) is 29.8 Å². The number of aromatic amines is 1. The normalized spacial score (nSPS) is 25.3. The average molecular weight is 362 g/mol. The van der Waals surface area contributed by atoms with E-state index in [-0.39, 0.29) is 11.1 Å². The third-order valence-corrected chi connectivity index (χ3v) is 10.2. The van der Waals surface area contributed by atoms with E-state index < -0.39 is 8.32 Å². The molecule has 3 N–H and O–H groups in total. The van der Waals surface area contributed by atoms with E-state index in [9.17, 15) is 0 Å². The van der Waals surface area contributed by atoms with E-state index in [0.29, 0.717) is 12.1 Å². The maximum atomic E-state index is 6.69. The quantitative estimate of drug-likeness (QED) is 0.727. The van der Waals surface area contributed by atoms with E-state index in [2.05, 4.69) is 66.4 Å². The molecule has 6 nitrogen and oxygen atoms in total. The second-order valence-electron chi connectivity index (χ2n) is 8.65. The van der Waals surface area contributed by atoms with Gasteiger partial charge in [0.15, 0.2) is 8.32 Å². The van der Waals surface area contributed by atoms with Gasteiger partial charge in [0, 0.05) is 24.8 Å². The summed E-state index contributed by atoms with van der Waals surface area (Å²) in [5.41, 5.74) is 0.865. The molecule has 2 aromatic heterocycles. The van der Waals surface area contributed by atoms with Crippen LogP contribution in [0, 0.1) is 0 Å². The largest absolute Gasteiger partial charge is 0.412 e. The number of aromatic nitrogens is 3. The fourth-order valence-corrected chi connectivity index (χ4v) is 4.43. The molecule has 7 heteroatoms. The lowest BCUT2D eigenvalue weighted by molar-refractivity contribution is 0.107. The summed E-state index contributed by atoms with van der Waals surface area (Å²) in [6.07, 6.45) is 4.70. The third-order valence-electron chi connectivity index (χ3n) is 5.71. The van der Waals surface area contributed by atoms with Crippen LogP contribution in [0.1, 0.15) is 34.1 Å². The number of hydrogen-bond donors (Lipinski definition) is 3. The van der Waals surface area contributed by atoms with Crippen LogP contribution in [0.4, 0.5) is 5.82 Å². The number of nitrogens with zero attached hydrogens (tertiary/aromatic N) is 2. The molecule has 0 saturated carbocycles. The highest BCUT2D eigenvalue weighted by Gasteiger charge is 2.41. The van der Waals surface area contributed by atoms with E-state index in [1.165, 1.54) is 0 Å². The zero-order valence-electron chi connectivity index (χ0n) is 16.2. The van der Waals surface area contributed by atoms with Crippen LogP contribution in [0.5, 0.6) is 0 Å². The van der Waals surface area contributed by atoms with Gasteiger partial charge in [-0.1, -0.05) is 20.8 Å². The average Bonchev–Trinajstić information content (AvgIpc) is 2.99. The maximum absolute atomic E-state index is 6.69. The molecule has 0 bridgehead atoms. The van der Waals surface area contributed by atoms with Crippen LogP contribution in [0.25, 0.3) is 11.0 Å². The Kier molecular flexibility index (Phi) is 4.92. The van der Waals surface area contributed by atoms with Crippen molar-refractivity contribution in [3.63, 3.8) is 0 Å². The number of rotatable bonds is 4. The number of fused-ring (bicyclic) bond motifs is 1. The highest BCUT2D eigenvalue weighted by molar-refractivity contribution is 6.74. The Hall–Kier alpha value is -1.44. The molecule has 3 atom stereocenters. The van der Waals surface area contributed by atoms with Crippen LogP contribution in [0.3, 0.4) is 0 Å². The van der Waals surface area contributed by atoms with Crippen molar-refractivity contribution in [2.24, 2.45) is 0 Å². The van der Waals surface area contributed by atoms with Crippen molar-refractivity contribution in [3.8, 4) is 0 Å². The summed E-state index contributed by atoms with van der Waals surface area (Å²) in [7, 11) is -1.79. The number of hydrogen-bond acceptors (Lipinski definition) is 5. The van der Waals surface area contributed by atoms with Crippen LogP contribution < -0.4 is 10.6 Å². The first kappa shape index (κ1) is 18.4. The SMILES string of the molecule is C[C@@H]1NC[C@H](Nc2ncnc3[nH]ccc23)CC1O[Si](C)(C)C(C)(C)C. The summed E-state index contributed by atoms with van der Waals surface area (Å²) in [5.74, 6) is 0.888. The Morgan fingerprint density at radius 2 is 2.04 bits per heavy atom. The summed E-state index contributed by atoms with van der Waals surface area (Å²) in [6.45, 7) is 14.7. The van der Waals surface area contributed by atoms with Crippen LogP contribution in [0.15, 0.2) is 18.6 Å². The van der Waals surface area contributed by atoms with Crippen LogP contribution >= 0.6 is 0 Å². The van der Waals surface area contributed by atoms with Crippen LogP contribution in [-0.2, 0) is 4.43 Å². The van der Waals surface area contributed by atoms with Gasteiger partial charge >= 0.3 is 0 Å². The Morgan fingerprint density at radius 3 is 2.76 bits per heavy atom. The molecular weight excluding hydrogens is 330 g/mol. The van der Waals surface area contributed by atoms with Gasteiger partial charge in [0.05, 0.1) is 11.5 Å². The molecule has 138 valence electrons. The highest BCUT2D eigenvalue weighted by Crippen LogP contribution is 2.38. The zero-order valence-corrected chi connectivity index (χ0v) is 17.2. The predicted molar refractivity (Wildman–Crippen MR) is 105 cm³/mol. The molecule has 1 fully saturated rings. The lowest BCUT2D eigenvalue weighted by Crippen LogP contribution is -2.56. The minimum Gasteiger partial charge on any atom is -0.412 e. The first-order valence-electron chi connectivity index (χ1n) is 9.13. The Bertz CT molecular complexity index is 724. The topological polar surface area (TPSA) is 74.9 Å². The fraction of sp³-hybridized carbons (Fsp3) is 0.667. The van der Waals surface area contributed by atoms with Crippen molar-refractivity contribution in [1.82, 2.24) is 20.3 Å². The molecule has 0 aromatic carbocycles. The molecular formula is C18H31N5OSi. The Morgan fingerprint density at radius 1 is 1.28 bits per heavy atom. The predicted octanol–water partition coefficient (Wildman–Crippen LogP) is 3.51. The van der Waals surface area contributed by atoms with E-state index in [4.69, 9.17) is 4.43 Å². The lowest BCUT2D eigenvalue weighted by Gasteiger charge is -2.44. The summed E-state index contributed by atoms with van der Waals surface area (Å²) < 4.78 is 6.69. The van der Waals surface area contributed by atoms with Gasteiger partial charge in [-0.05, 0) is 37.5 Å². The summed E-state index contributed by atoms with van der Waals surface area (Å²) in [6, 6.07) is 2.67. The summed E-state index contributed by atoms with van der Waals surface area (Å²) in [5, 5.41) is 8.44. The van der Waals surface area contributed by atoms with Gasteiger partial charge in [-0.3, -0.25) is 0 Å². The van der Waals surface area contributed by atoms with Gasteiger partial charge in [0.2, 0.25) is 0 Å². The summed E-state index contributed by atoms with van der Waals surface area (Å²) in [4.78, 5) is 11.8. The molecule has 1 unspecified atom stereocenters. The van der Waals surface area contributed by atoms with Crippen molar-refractivity contribution < 1.29 is 4.43 Å². The maximum Gasteiger partial charge on any atom is 0.192 e. The first-order valence-corrected chi connectivity index (χ1v) is 12.0. The molecule has 0 amide bonds. The standard InChI is InChI=1S/C18H31N5OSi/c1-12-15(24-25(5,6)18(2,3)4)9-13(10-20-12)23-17-14-7-8-19-16(14)21-11-22-17/h7-8,11-13,15,20H,9-10H2,1-6H3,(H2,19,21,22,23)/t12-,13+,15?/m0/s1. The molecule has 25 heavy (non-hydrogen) atoms. The fourth-order valence-electron chi connectivity index (χ4n) is 3.02. The monoisotopic (exact) mass is 361 g/mol. The number of nitrogens with one attached hydrogen (secondary N) is 3. The molecule has 1 aliphatic rings. The molecule has 1 aliphatic heterocycles. The molecule has 1 saturated heterocycles. The zero-order chi connectivity index (χ0) is 18.2. The van der Waals surface area contributed by atoms with E-state index >= 15 is 0 Å². The van der Waals surface area contributed by atoms with Crippen molar-refractivity contribution >= 4 is 25.2 Å². The second-order valence-corrected chi connectivity index (χ2v) is 13.4. The van der Waals surface area contributed by atoms with Gasteiger partial charge in [-0.2, -0.15) is 0 Å². The highest BCUT2D eigenvalue weighted by atomic mass is 28.4. The molecule has 2 aromatic rings. The Balaban J connectivity index is 1.71.